The molecule has 0 spiro atoms. The molecule has 3 heterocycles. The fraction of sp³-hybridized carbons (Fsp3) is 0.500. The van der Waals surface area contributed by atoms with Gasteiger partial charge in [-0.25, -0.2) is 28.1 Å². The Bertz CT molecular complexity index is 1250. The molecule has 3 aromatic rings. The molecule has 37 heavy (non-hydrogen) atoms. The molecule has 0 aliphatic carbocycles. The van der Waals surface area contributed by atoms with Gasteiger partial charge in [-0.2, -0.15) is 10.5 Å². The zero-order valence-electron chi connectivity index (χ0n) is 21.9. The van der Waals surface area contributed by atoms with E-state index in [0.717, 1.165) is 54.8 Å². The second-order valence-corrected chi connectivity index (χ2v) is 12.1. The molecule has 1 saturated heterocycles. The van der Waals surface area contributed by atoms with Crippen molar-refractivity contribution in [3.63, 3.8) is 0 Å². The van der Waals surface area contributed by atoms with E-state index in [1.807, 2.05) is 6.92 Å². The molecule has 0 radical (unpaired) electrons. The number of fused-ring (bicyclic) bond motifs is 1. The van der Waals surface area contributed by atoms with Crippen LogP contribution in [0.5, 0.6) is 0 Å². The van der Waals surface area contributed by atoms with Crippen LogP contribution >= 0.6 is 10.5 Å². The Morgan fingerprint density at radius 2 is 1.86 bits per heavy atom. The lowest BCUT2D eigenvalue weighted by atomic mass is 9.90. The first-order chi connectivity index (χ1) is 17.7. The molecule has 1 aliphatic heterocycles. The summed E-state index contributed by atoms with van der Waals surface area (Å²) in [5.74, 6) is 7.52. The molecule has 1 aliphatic rings. The molecule has 9 heteroatoms. The Labute approximate surface area is 219 Å². The fourth-order valence-corrected chi connectivity index (χ4v) is 6.35. The molecule has 2 aromatic heterocycles. The summed E-state index contributed by atoms with van der Waals surface area (Å²) in [5.41, 5.74) is 3.32. The van der Waals surface area contributed by atoms with Crippen molar-refractivity contribution in [1.29, 1.82) is 0 Å². The molecule has 1 fully saturated rings. The molecule has 1 N–H and O–H groups in total. The maximum atomic E-state index is 14.9. The third-order valence-corrected chi connectivity index (χ3v) is 8.49. The predicted molar refractivity (Wildman–Crippen MR) is 149 cm³/mol. The number of anilines is 1. The molecule has 0 amide bonds. The first-order valence-corrected chi connectivity index (χ1v) is 14.5. The summed E-state index contributed by atoms with van der Waals surface area (Å²) >= 11 is 0. The smallest absolute Gasteiger partial charge is 0.242 e. The normalized spacial score (nSPS) is 18.2. The highest BCUT2D eigenvalue weighted by Gasteiger charge is 2.23. The number of pyridine rings is 1. The Balaban J connectivity index is 1.68. The molecule has 0 saturated carbocycles. The molecule has 0 bridgehead atoms. The Hall–Kier alpha value is -2.52. The average molecular weight is 532 g/mol. The number of hydrogen-bond donors (Lipinski definition) is 1. The second kappa shape index (κ2) is 12.3. The number of aryl methyl sites for hydroxylation is 2. The first-order valence-electron chi connectivity index (χ1n) is 12.8. The third-order valence-electron chi connectivity index (χ3n) is 6.86. The van der Waals surface area contributed by atoms with Gasteiger partial charge in [-0.1, -0.05) is 24.1 Å². The van der Waals surface area contributed by atoms with E-state index in [-0.39, 0.29) is 22.6 Å². The van der Waals surface area contributed by atoms with Crippen molar-refractivity contribution in [2.24, 2.45) is 0 Å². The lowest BCUT2D eigenvalue weighted by Crippen LogP contribution is -2.16. The van der Waals surface area contributed by atoms with Crippen LogP contribution < -0.4 is 5.32 Å². The Kier molecular flexibility index (Phi) is 9.18. The van der Waals surface area contributed by atoms with Gasteiger partial charge in [-0.05, 0) is 87.9 Å². The van der Waals surface area contributed by atoms with E-state index < -0.39 is 18.7 Å². The quantitative estimate of drug-likeness (QED) is 0.327. The van der Waals surface area contributed by atoms with Crippen molar-refractivity contribution < 1.29 is 13.2 Å². The number of hydrogen-bond acceptors (Lipinski definition) is 5. The highest BCUT2D eigenvalue weighted by Crippen LogP contribution is 2.37. The van der Waals surface area contributed by atoms with Crippen LogP contribution in [0.3, 0.4) is 0 Å². The van der Waals surface area contributed by atoms with E-state index in [1.54, 1.807) is 12.1 Å². The average Bonchev–Trinajstić information content (AvgIpc) is 2.84. The summed E-state index contributed by atoms with van der Waals surface area (Å²) in [5, 5.41) is 4.05. The van der Waals surface area contributed by atoms with Crippen LogP contribution in [-0.2, 0) is 19.4 Å². The zero-order valence-corrected chi connectivity index (χ0v) is 22.7. The molecule has 4 rings (SSSR count). The van der Waals surface area contributed by atoms with E-state index >= 15 is 0 Å². The van der Waals surface area contributed by atoms with Crippen molar-refractivity contribution in [2.75, 3.05) is 37.5 Å². The van der Waals surface area contributed by atoms with Crippen LogP contribution in [0.15, 0.2) is 24.3 Å². The van der Waals surface area contributed by atoms with E-state index in [0.29, 0.717) is 28.8 Å². The molecule has 0 unspecified atom stereocenters. The molecule has 200 valence electrons. The molecular weight excluding hydrogens is 495 g/mol. The van der Waals surface area contributed by atoms with Crippen LogP contribution in [0.4, 0.5) is 19.0 Å². The summed E-state index contributed by atoms with van der Waals surface area (Å²) in [6.45, 7) is 2.92. The summed E-state index contributed by atoms with van der Waals surface area (Å²) in [7, 11) is 4.38. The van der Waals surface area contributed by atoms with Crippen molar-refractivity contribution in [2.45, 2.75) is 57.9 Å². The van der Waals surface area contributed by atoms with Gasteiger partial charge in [0.15, 0.2) is 5.65 Å². The minimum Gasteiger partial charge on any atom is -0.365 e. The van der Waals surface area contributed by atoms with Crippen LogP contribution in [0.1, 0.15) is 53.4 Å². The van der Waals surface area contributed by atoms with Crippen LogP contribution in [0.2, 0.25) is 0 Å². The number of rotatable bonds is 10. The van der Waals surface area contributed by atoms with Gasteiger partial charge in [-0.3, -0.25) is 0 Å². The maximum absolute atomic E-state index is 14.9. The topological polar surface area (TPSA) is 53.9 Å². The second-order valence-electron chi connectivity index (χ2n) is 10.1. The Morgan fingerprint density at radius 1 is 1.14 bits per heavy atom. The highest BCUT2D eigenvalue weighted by molar-refractivity contribution is 8.14. The zero-order chi connectivity index (χ0) is 26.5. The van der Waals surface area contributed by atoms with Gasteiger partial charge < -0.3 is 10.2 Å². The number of nitrogens with zero attached hydrogens (tertiary/aromatic N) is 4. The molecule has 5 nitrogen and oxygen atoms in total. The monoisotopic (exact) mass is 531 g/mol. The van der Waals surface area contributed by atoms with Gasteiger partial charge in [0.1, 0.15) is 17.5 Å². The van der Waals surface area contributed by atoms with E-state index in [1.165, 1.54) is 11.6 Å². The molecule has 0 atom stereocenters. The van der Waals surface area contributed by atoms with Crippen LogP contribution in [0.25, 0.3) is 11.0 Å². The van der Waals surface area contributed by atoms with Gasteiger partial charge in [-0.15, -0.1) is 0 Å². The number of aromatic nitrogens is 3. The predicted octanol–water partition coefficient (Wildman–Crippen LogP) is 5.96. The van der Waals surface area contributed by atoms with E-state index in [9.17, 15) is 13.2 Å². The summed E-state index contributed by atoms with van der Waals surface area (Å²) < 4.78 is 40.6. The van der Waals surface area contributed by atoms with Crippen molar-refractivity contribution in [1.82, 2.24) is 19.9 Å². The Morgan fingerprint density at radius 3 is 2.57 bits per heavy atom. The van der Waals surface area contributed by atoms with Crippen LogP contribution in [0, 0.1) is 12.7 Å². The van der Waals surface area contributed by atoms with Crippen molar-refractivity contribution >= 4 is 33.2 Å². The molecular formula is C28H36F3N5S. The van der Waals surface area contributed by atoms with E-state index in [2.05, 4.69) is 46.2 Å². The lowest BCUT2D eigenvalue weighted by molar-refractivity contribution is 0.147. The summed E-state index contributed by atoms with van der Waals surface area (Å²) in [6.07, 6.45) is 0.880. The van der Waals surface area contributed by atoms with Crippen LogP contribution in [-0.4, -0.2) is 64.3 Å². The van der Waals surface area contributed by atoms with Gasteiger partial charge in [0.05, 0.1) is 5.39 Å². The van der Waals surface area contributed by atoms with Gasteiger partial charge in [0.2, 0.25) is 6.43 Å². The minimum atomic E-state index is -2.60. The fourth-order valence-electron chi connectivity index (χ4n) is 4.91. The highest BCUT2D eigenvalue weighted by atomic mass is 32.2. The van der Waals surface area contributed by atoms with Gasteiger partial charge in [0, 0.05) is 24.2 Å². The summed E-state index contributed by atoms with van der Waals surface area (Å²) in [6, 6.07) is 6.80. The lowest BCUT2D eigenvalue weighted by Gasteiger charge is -2.26. The van der Waals surface area contributed by atoms with Gasteiger partial charge >= 0.3 is 0 Å². The van der Waals surface area contributed by atoms with Crippen molar-refractivity contribution in [3.05, 3.63) is 58.3 Å². The molecule has 1 aromatic carbocycles. The minimum absolute atomic E-state index is 0.0195. The number of halogens is 3. The number of benzene rings is 1. The number of alkyl halides is 2. The SMILES string of the molecule is C=S1CCC(c2cc3c(NCc4cccc(CC(F)F)c4F)nc(C)nc3nc2CCCN(C)C)CC1. The number of nitrogens with one attached hydrogen (secondary N) is 1. The first kappa shape index (κ1) is 27.5. The largest absolute Gasteiger partial charge is 0.365 e. The van der Waals surface area contributed by atoms with E-state index in [4.69, 9.17) is 4.98 Å². The summed E-state index contributed by atoms with van der Waals surface area (Å²) in [4.78, 5) is 16.4. The standard InChI is InChI=1S/C28H36F3N5S/c1-18-33-27(32-17-21-8-5-7-20(26(21)31)15-25(29)30)23-16-22(19-10-13-37(4)14-11-19)24(35-28(23)34-18)9-6-12-36(2)3/h5,7-8,16,19,25H,4,6,9-15,17H2,1-3H3,(H,32,33,34,35). The van der Waals surface area contributed by atoms with Gasteiger partial charge in [0.25, 0.3) is 0 Å². The third kappa shape index (κ3) is 7.08. The maximum Gasteiger partial charge on any atom is 0.242 e. The van der Waals surface area contributed by atoms with Crippen molar-refractivity contribution in [3.8, 4) is 0 Å².